The Hall–Kier alpha value is -1.65. The van der Waals surface area contributed by atoms with Crippen LogP contribution in [0.15, 0.2) is 20.7 Å². The standard InChI is InChI=1S/C17H26ClN3O5S2/c1-10(2)7-13(19-16(24)26-17(4,5)6)15(23)21-28(25,20-11(3)22)12-8-14(18)27-9-12/h8-10,13H,7H2,1-6H3,(H,19,24)(H,20,21,22,23,25)/t13-,28?/m0/s1. The maximum atomic E-state index is 13.2. The van der Waals surface area contributed by atoms with Gasteiger partial charge in [-0.3, -0.25) is 14.3 Å². The average Bonchev–Trinajstić information content (AvgIpc) is 2.90. The third-order valence-corrected chi connectivity index (χ3v) is 6.18. The molecule has 28 heavy (non-hydrogen) atoms. The molecule has 158 valence electrons. The largest absolute Gasteiger partial charge is 0.444 e. The molecule has 11 heteroatoms. The van der Waals surface area contributed by atoms with E-state index in [9.17, 15) is 18.6 Å². The molecule has 1 aromatic rings. The number of amides is 3. The molecule has 1 aromatic heterocycles. The number of thiophene rings is 1. The molecular weight excluding hydrogens is 426 g/mol. The van der Waals surface area contributed by atoms with Gasteiger partial charge in [0.25, 0.3) is 5.91 Å². The van der Waals surface area contributed by atoms with E-state index in [-0.39, 0.29) is 17.2 Å². The van der Waals surface area contributed by atoms with Crippen LogP contribution in [0.4, 0.5) is 4.79 Å². The number of nitrogens with zero attached hydrogens (tertiary/aromatic N) is 1. The van der Waals surface area contributed by atoms with E-state index < -0.39 is 39.5 Å². The van der Waals surface area contributed by atoms with Crippen LogP contribution < -0.4 is 10.0 Å². The maximum Gasteiger partial charge on any atom is 0.408 e. The zero-order valence-corrected chi connectivity index (χ0v) is 19.1. The Bertz CT molecular complexity index is 851. The van der Waals surface area contributed by atoms with Crippen LogP contribution in [-0.2, 0) is 24.2 Å². The summed E-state index contributed by atoms with van der Waals surface area (Å²) in [6.45, 7) is 9.97. The molecule has 0 bridgehead atoms. The first-order chi connectivity index (χ1) is 12.7. The predicted molar refractivity (Wildman–Crippen MR) is 110 cm³/mol. The third-order valence-electron chi connectivity index (χ3n) is 3.06. The van der Waals surface area contributed by atoms with E-state index >= 15 is 0 Å². The monoisotopic (exact) mass is 451 g/mol. The molecule has 2 atom stereocenters. The van der Waals surface area contributed by atoms with Gasteiger partial charge in [-0.15, -0.1) is 15.7 Å². The lowest BCUT2D eigenvalue weighted by Gasteiger charge is -2.23. The van der Waals surface area contributed by atoms with Gasteiger partial charge in [-0.05, 0) is 39.2 Å². The minimum absolute atomic E-state index is 0.0338. The van der Waals surface area contributed by atoms with Crippen molar-refractivity contribution >= 4 is 50.8 Å². The fourth-order valence-corrected chi connectivity index (χ4v) is 4.97. The first-order valence-corrected chi connectivity index (χ1v) is 11.3. The summed E-state index contributed by atoms with van der Waals surface area (Å²) < 4.78 is 24.7. The Labute approximate surface area is 174 Å². The number of nitrogens with one attached hydrogen (secondary N) is 2. The molecule has 2 N–H and O–H groups in total. The minimum atomic E-state index is -3.59. The molecule has 0 aliphatic heterocycles. The van der Waals surface area contributed by atoms with Crippen molar-refractivity contribution in [1.82, 2.24) is 10.0 Å². The zero-order chi connectivity index (χ0) is 21.7. The lowest BCUT2D eigenvalue weighted by atomic mass is 10.0. The summed E-state index contributed by atoms with van der Waals surface area (Å²) in [6.07, 6.45) is -0.534. The molecule has 1 unspecified atom stereocenters. The zero-order valence-electron chi connectivity index (χ0n) is 16.7. The van der Waals surface area contributed by atoms with Crippen LogP contribution in [-0.4, -0.2) is 33.8 Å². The second-order valence-electron chi connectivity index (χ2n) is 7.53. The second-order valence-corrected chi connectivity index (χ2v) is 11.0. The highest BCUT2D eigenvalue weighted by molar-refractivity contribution is 7.92. The number of hydrogen-bond donors (Lipinski definition) is 2. The van der Waals surface area contributed by atoms with E-state index in [0.29, 0.717) is 4.34 Å². The Morgan fingerprint density at radius 3 is 2.36 bits per heavy atom. The number of alkyl carbamates (subject to hydrolysis) is 1. The Morgan fingerprint density at radius 1 is 1.32 bits per heavy atom. The number of halogens is 1. The van der Waals surface area contributed by atoms with Crippen molar-refractivity contribution in [2.24, 2.45) is 10.3 Å². The van der Waals surface area contributed by atoms with Crippen molar-refractivity contribution in [3.05, 3.63) is 15.8 Å². The summed E-state index contributed by atoms with van der Waals surface area (Å²) in [4.78, 5) is 36.5. The Morgan fingerprint density at radius 2 is 1.93 bits per heavy atom. The topological polar surface area (TPSA) is 114 Å². The van der Waals surface area contributed by atoms with Crippen molar-refractivity contribution in [3.8, 4) is 0 Å². The number of rotatable bonds is 6. The molecule has 0 aliphatic rings. The normalized spacial score (nSPS) is 14.7. The fourth-order valence-electron chi connectivity index (χ4n) is 2.10. The van der Waals surface area contributed by atoms with Gasteiger partial charge in [0.1, 0.15) is 11.6 Å². The molecule has 3 amide bonds. The summed E-state index contributed by atoms with van der Waals surface area (Å²) in [5, 5.41) is 3.93. The van der Waals surface area contributed by atoms with Gasteiger partial charge in [-0.1, -0.05) is 25.4 Å². The van der Waals surface area contributed by atoms with E-state index in [1.807, 2.05) is 13.8 Å². The molecular formula is C17H26ClN3O5S2. The molecule has 0 aromatic carbocycles. The number of carbonyl (C=O) groups is 3. The highest BCUT2D eigenvalue weighted by atomic mass is 35.5. The van der Waals surface area contributed by atoms with E-state index in [1.165, 1.54) is 11.4 Å². The van der Waals surface area contributed by atoms with Crippen molar-refractivity contribution in [2.75, 3.05) is 0 Å². The Kier molecular flexibility index (Phi) is 8.45. The van der Waals surface area contributed by atoms with Gasteiger partial charge in [0.2, 0.25) is 5.91 Å². The maximum absolute atomic E-state index is 13.2. The summed E-state index contributed by atoms with van der Waals surface area (Å²) in [5.41, 5.74) is -0.746. The molecule has 1 rings (SSSR count). The lowest BCUT2D eigenvalue weighted by Crippen LogP contribution is -2.44. The number of ether oxygens (including phenoxy) is 1. The molecule has 0 aliphatic carbocycles. The van der Waals surface area contributed by atoms with Crippen LogP contribution in [0.1, 0.15) is 48.0 Å². The van der Waals surface area contributed by atoms with Gasteiger partial charge in [0.15, 0.2) is 9.92 Å². The smallest absolute Gasteiger partial charge is 0.408 e. The first kappa shape index (κ1) is 24.4. The molecule has 0 radical (unpaired) electrons. The fraction of sp³-hybridized carbons (Fsp3) is 0.588. The number of carbonyl (C=O) groups excluding carboxylic acids is 3. The highest BCUT2D eigenvalue weighted by Crippen LogP contribution is 2.25. The molecule has 0 fully saturated rings. The predicted octanol–water partition coefficient (Wildman–Crippen LogP) is 3.75. The van der Waals surface area contributed by atoms with Gasteiger partial charge in [-0.25, -0.2) is 9.00 Å². The lowest BCUT2D eigenvalue weighted by molar-refractivity contribution is -0.120. The molecule has 1 heterocycles. The van der Waals surface area contributed by atoms with E-state index in [0.717, 1.165) is 18.3 Å². The summed E-state index contributed by atoms with van der Waals surface area (Å²) in [7, 11) is -3.59. The van der Waals surface area contributed by atoms with Gasteiger partial charge in [0, 0.05) is 12.3 Å². The van der Waals surface area contributed by atoms with Crippen molar-refractivity contribution in [3.63, 3.8) is 0 Å². The Balaban J connectivity index is 3.24. The second kappa shape index (κ2) is 9.71. The minimum Gasteiger partial charge on any atom is -0.444 e. The van der Waals surface area contributed by atoms with E-state index in [1.54, 1.807) is 20.8 Å². The summed E-state index contributed by atoms with van der Waals surface area (Å²) >= 11 is 6.98. The SMILES string of the molecule is CC(=O)NS(=O)(=NC(=O)[C@H](CC(C)C)NC(=O)OC(C)(C)C)c1csc(Cl)c1. The van der Waals surface area contributed by atoms with Crippen LogP contribution in [0, 0.1) is 5.92 Å². The van der Waals surface area contributed by atoms with Gasteiger partial charge >= 0.3 is 6.09 Å². The van der Waals surface area contributed by atoms with Crippen LogP contribution in [0.2, 0.25) is 4.34 Å². The third kappa shape index (κ3) is 8.15. The van der Waals surface area contributed by atoms with Crippen LogP contribution in [0.5, 0.6) is 0 Å². The van der Waals surface area contributed by atoms with Crippen molar-refractivity contribution in [1.29, 1.82) is 0 Å². The summed E-state index contributed by atoms with van der Waals surface area (Å²) in [6, 6.07) is 0.318. The summed E-state index contributed by atoms with van der Waals surface area (Å²) in [5.74, 6) is -1.42. The quantitative estimate of drug-likeness (QED) is 0.683. The molecule has 0 spiro atoms. The average molecular weight is 452 g/mol. The van der Waals surface area contributed by atoms with Crippen LogP contribution in [0.3, 0.4) is 0 Å². The first-order valence-electron chi connectivity index (χ1n) is 8.55. The van der Waals surface area contributed by atoms with Gasteiger partial charge in [-0.2, -0.15) is 0 Å². The van der Waals surface area contributed by atoms with E-state index in [2.05, 4.69) is 14.4 Å². The van der Waals surface area contributed by atoms with Gasteiger partial charge in [0.05, 0.1) is 9.23 Å². The molecule has 0 saturated carbocycles. The molecule has 0 saturated heterocycles. The van der Waals surface area contributed by atoms with Gasteiger partial charge < -0.3 is 10.1 Å². The molecule has 8 nitrogen and oxygen atoms in total. The van der Waals surface area contributed by atoms with E-state index in [4.69, 9.17) is 16.3 Å². The van der Waals surface area contributed by atoms with Crippen molar-refractivity contribution < 1.29 is 23.3 Å². The van der Waals surface area contributed by atoms with Crippen LogP contribution in [0.25, 0.3) is 0 Å². The van der Waals surface area contributed by atoms with Crippen molar-refractivity contribution in [2.45, 2.75) is 64.5 Å². The highest BCUT2D eigenvalue weighted by Gasteiger charge is 2.27. The number of hydrogen-bond acceptors (Lipinski definition) is 6. The van der Waals surface area contributed by atoms with Crippen LogP contribution >= 0.6 is 22.9 Å².